The molecule has 0 saturated heterocycles. The summed E-state index contributed by atoms with van der Waals surface area (Å²) in [5, 5.41) is 0. The van der Waals surface area contributed by atoms with Gasteiger partial charge in [0.05, 0.1) is 0 Å². The smallest absolute Gasteiger partial charge is 0.127 e. The normalized spacial score (nSPS) is 13.2. The van der Waals surface area contributed by atoms with Gasteiger partial charge in [0.1, 0.15) is 23.9 Å². The van der Waals surface area contributed by atoms with Crippen LogP contribution in [0.15, 0.2) is 182 Å². The Bertz CT molecular complexity index is 2000. The number of rotatable bonds is 19. The maximum atomic E-state index is 6.50. The maximum absolute atomic E-state index is 6.50. The lowest BCUT2D eigenvalue weighted by atomic mass is 9.95. The minimum Gasteiger partial charge on any atom is -0.489 e. The minimum absolute atomic E-state index is 0.457. The molecule has 4 aromatic rings. The van der Waals surface area contributed by atoms with Gasteiger partial charge in [-0.1, -0.05) is 141 Å². The molecule has 0 spiro atoms. The first-order chi connectivity index (χ1) is 26.0. The molecule has 53 heavy (non-hydrogen) atoms. The molecule has 5 rings (SSSR count). The average molecular weight is 699 g/mol. The molecule has 2 heteroatoms. The van der Waals surface area contributed by atoms with Gasteiger partial charge in [-0.3, -0.25) is 0 Å². The van der Waals surface area contributed by atoms with E-state index in [-0.39, 0.29) is 0 Å². The Morgan fingerprint density at radius 3 is 2.11 bits per heavy atom. The second-order valence-corrected chi connectivity index (χ2v) is 13.7. The zero-order valence-corrected chi connectivity index (χ0v) is 31.6. The topological polar surface area (TPSA) is 18.5 Å². The molecule has 0 bridgehead atoms. The van der Waals surface area contributed by atoms with Crippen LogP contribution in [-0.4, -0.2) is 0 Å². The summed E-state index contributed by atoms with van der Waals surface area (Å²) in [7, 11) is 0. The number of allylic oxidation sites excluding steroid dienone is 14. The van der Waals surface area contributed by atoms with Crippen LogP contribution in [0.1, 0.15) is 64.3 Å². The predicted octanol–water partition coefficient (Wildman–Crippen LogP) is 12.8. The number of hydrogen-bond donors (Lipinski definition) is 0. The highest BCUT2D eigenvalue weighted by molar-refractivity contribution is 5.41. The SMILES string of the molecule is C=C/C=C\C=C\Cc1cc(CCc2ccccc2)cc(CCc2cc(C)cc(OCc3cc(CC(/C=C\C)=C/C=C)cc(OC4=CC=CCC4)c3)c2)c1. The zero-order chi connectivity index (χ0) is 37.1. The summed E-state index contributed by atoms with van der Waals surface area (Å²) in [6, 6.07) is 31.0. The minimum atomic E-state index is 0.457. The van der Waals surface area contributed by atoms with Crippen molar-refractivity contribution in [1.29, 1.82) is 0 Å². The first kappa shape index (κ1) is 38.6. The fourth-order valence-electron chi connectivity index (χ4n) is 6.68. The highest BCUT2D eigenvalue weighted by Crippen LogP contribution is 2.27. The van der Waals surface area contributed by atoms with Gasteiger partial charge < -0.3 is 9.47 Å². The molecule has 0 radical (unpaired) electrons. The van der Waals surface area contributed by atoms with Crippen molar-refractivity contribution in [3.05, 3.63) is 227 Å². The quantitative estimate of drug-likeness (QED) is 0.0908. The third kappa shape index (κ3) is 13.5. The van der Waals surface area contributed by atoms with Crippen LogP contribution in [-0.2, 0) is 45.1 Å². The van der Waals surface area contributed by atoms with Crippen LogP contribution in [0.4, 0.5) is 0 Å². The number of benzene rings is 4. The maximum Gasteiger partial charge on any atom is 0.127 e. The zero-order valence-electron chi connectivity index (χ0n) is 31.6. The van der Waals surface area contributed by atoms with Crippen LogP contribution in [0.2, 0.25) is 0 Å². The van der Waals surface area contributed by atoms with E-state index in [2.05, 4.69) is 154 Å². The standard InChI is InChI=1S/C51H54O2/c1-5-8-9-10-13-22-43-32-45(26-25-41-20-14-11-15-21-41)34-46(33-43)28-27-44-29-40(4)30-50(36-44)52-39-48-35-47(31-42(18-6-2)19-7-3)37-51(38-48)53-49-23-16-12-17-24-49/h5-16,18-21,23,29-30,32-38H,1-2,17,22,24-28,31,39H2,3-4H3/b9-8-,13-10+,19-7-,42-18+. The lowest BCUT2D eigenvalue weighted by molar-refractivity contribution is 0.304. The Kier molecular flexibility index (Phi) is 15.3. The van der Waals surface area contributed by atoms with Gasteiger partial charge in [0.15, 0.2) is 0 Å². The van der Waals surface area contributed by atoms with E-state index < -0.39 is 0 Å². The molecule has 0 heterocycles. The molecule has 4 aromatic carbocycles. The predicted molar refractivity (Wildman–Crippen MR) is 226 cm³/mol. The Morgan fingerprint density at radius 1 is 0.698 bits per heavy atom. The van der Waals surface area contributed by atoms with E-state index in [0.717, 1.165) is 74.2 Å². The first-order valence-corrected chi connectivity index (χ1v) is 18.9. The van der Waals surface area contributed by atoms with Gasteiger partial charge in [0, 0.05) is 6.42 Å². The van der Waals surface area contributed by atoms with E-state index in [4.69, 9.17) is 9.47 Å². The summed E-state index contributed by atoms with van der Waals surface area (Å²) in [5.41, 5.74) is 11.4. The van der Waals surface area contributed by atoms with E-state index in [0.29, 0.717) is 6.61 Å². The van der Waals surface area contributed by atoms with E-state index in [1.807, 2.05) is 25.2 Å². The van der Waals surface area contributed by atoms with Gasteiger partial charge in [0.2, 0.25) is 0 Å². The van der Waals surface area contributed by atoms with E-state index in [1.54, 1.807) is 6.08 Å². The van der Waals surface area contributed by atoms with Crippen molar-refractivity contribution in [2.75, 3.05) is 0 Å². The van der Waals surface area contributed by atoms with Crippen LogP contribution < -0.4 is 9.47 Å². The van der Waals surface area contributed by atoms with Crippen molar-refractivity contribution in [2.24, 2.45) is 0 Å². The number of hydrogen-bond acceptors (Lipinski definition) is 2. The van der Waals surface area contributed by atoms with Gasteiger partial charge >= 0.3 is 0 Å². The molecule has 1 aliphatic carbocycles. The van der Waals surface area contributed by atoms with Gasteiger partial charge in [-0.05, 0) is 139 Å². The molecule has 0 fully saturated rings. The van der Waals surface area contributed by atoms with Crippen molar-refractivity contribution in [3.8, 4) is 11.5 Å². The van der Waals surface area contributed by atoms with Crippen LogP contribution in [0.5, 0.6) is 11.5 Å². The van der Waals surface area contributed by atoms with Crippen molar-refractivity contribution in [3.63, 3.8) is 0 Å². The van der Waals surface area contributed by atoms with Crippen molar-refractivity contribution < 1.29 is 9.47 Å². The summed E-state index contributed by atoms with van der Waals surface area (Å²) in [4.78, 5) is 0. The van der Waals surface area contributed by atoms with Gasteiger partial charge in [-0.15, -0.1) is 0 Å². The van der Waals surface area contributed by atoms with Crippen LogP contribution in [0, 0.1) is 6.92 Å². The molecular weight excluding hydrogens is 645 g/mol. The van der Waals surface area contributed by atoms with E-state index in [1.165, 1.54) is 44.5 Å². The highest BCUT2D eigenvalue weighted by Gasteiger charge is 2.10. The molecule has 0 saturated carbocycles. The second-order valence-electron chi connectivity index (χ2n) is 13.7. The lowest BCUT2D eigenvalue weighted by Crippen LogP contribution is -2.02. The summed E-state index contributed by atoms with van der Waals surface area (Å²) in [6.45, 7) is 12.3. The molecule has 0 atom stereocenters. The molecular formula is C51H54O2. The Hall–Kier alpha value is -5.60. The number of ether oxygens (including phenoxy) is 2. The third-order valence-electron chi connectivity index (χ3n) is 9.10. The first-order valence-electron chi connectivity index (χ1n) is 18.9. The van der Waals surface area contributed by atoms with E-state index >= 15 is 0 Å². The van der Waals surface area contributed by atoms with Crippen LogP contribution >= 0.6 is 0 Å². The Balaban J connectivity index is 1.30. The highest BCUT2D eigenvalue weighted by atomic mass is 16.5. The fraction of sp³-hybridized carbons (Fsp3) is 0.216. The van der Waals surface area contributed by atoms with Gasteiger partial charge in [-0.25, -0.2) is 0 Å². The molecule has 0 aromatic heterocycles. The average Bonchev–Trinajstić information content (AvgIpc) is 3.16. The summed E-state index contributed by atoms with van der Waals surface area (Å²) in [6.07, 6.45) is 32.1. The molecule has 0 aliphatic heterocycles. The third-order valence-corrected chi connectivity index (χ3v) is 9.10. The van der Waals surface area contributed by atoms with Crippen molar-refractivity contribution in [2.45, 2.75) is 71.8 Å². The van der Waals surface area contributed by atoms with Crippen molar-refractivity contribution >= 4 is 0 Å². The fourth-order valence-corrected chi connectivity index (χ4v) is 6.68. The molecule has 0 N–H and O–H groups in total. The Morgan fingerprint density at radius 2 is 1.40 bits per heavy atom. The molecule has 270 valence electrons. The monoisotopic (exact) mass is 698 g/mol. The molecule has 1 aliphatic rings. The largest absolute Gasteiger partial charge is 0.489 e. The summed E-state index contributed by atoms with van der Waals surface area (Å²) in [5.74, 6) is 2.73. The Labute approximate surface area is 318 Å². The summed E-state index contributed by atoms with van der Waals surface area (Å²) >= 11 is 0. The molecule has 0 amide bonds. The van der Waals surface area contributed by atoms with Crippen molar-refractivity contribution in [1.82, 2.24) is 0 Å². The van der Waals surface area contributed by atoms with Crippen LogP contribution in [0.25, 0.3) is 0 Å². The second kappa shape index (κ2) is 21.1. The van der Waals surface area contributed by atoms with Gasteiger partial charge in [0.25, 0.3) is 0 Å². The number of aryl methyl sites for hydroxylation is 5. The lowest BCUT2D eigenvalue weighted by Gasteiger charge is -2.16. The summed E-state index contributed by atoms with van der Waals surface area (Å²) < 4.78 is 12.9. The molecule has 2 nitrogen and oxygen atoms in total. The van der Waals surface area contributed by atoms with Crippen LogP contribution in [0.3, 0.4) is 0 Å². The van der Waals surface area contributed by atoms with Gasteiger partial charge in [-0.2, -0.15) is 0 Å². The van der Waals surface area contributed by atoms with E-state index in [9.17, 15) is 0 Å². The molecule has 0 unspecified atom stereocenters.